The monoisotopic (exact) mass is 326 g/mol. The van der Waals surface area contributed by atoms with Gasteiger partial charge in [0, 0.05) is 22.8 Å². The lowest BCUT2D eigenvalue weighted by Crippen LogP contribution is -2.01. The third kappa shape index (κ3) is 3.15. The molecule has 0 bridgehead atoms. The van der Waals surface area contributed by atoms with Crippen LogP contribution in [0.1, 0.15) is 11.1 Å². The first-order valence-corrected chi connectivity index (χ1v) is 6.57. The lowest BCUT2D eigenvalue weighted by molar-refractivity contribution is 0.469. The van der Waals surface area contributed by atoms with Gasteiger partial charge in [-0.05, 0) is 36.8 Å². The summed E-state index contributed by atoms with van der Waals surface area (Å²) < 4.78 is 0.922. The molecule has 1 heterocycles. The van der Waals surface area contributed by atoms with Crippen LogP contribution in [0, 0.1) is 6.92 Å². The molecular weight excluding hydrogens is 316 g/mol. The molecular formula is C13H12BrClN2O. The number of nitrogens with zero attached hydrogens (tertiary/aromatic N) is 1. The zero-order chi connectivity index (χ0) is 13.1. The summed E-state index contributed by atoms with van der Waals surface area (Å²) in [5, 5.41) is 13.3. The van der Waals surface area contributed by atoms with Crippen molar-refractivity contribution >= 4 is 33.2 Å². The molecule has 1 aromatic heterocycles. The third-order valence-electron chi connectivity index (χ3n) is 2.49. The molecule has 2 rings (SSSR count). The number of halogens is 2. The van der Waals surface area contributed by atoms with Crippen molar-refractivity contribution in [3.63, 3.8) is 0 Å². The molecule has 0 aliphatic rings. The number of aryl methyl sites for hydroxylation is 1. The van der Waals surface area contributed by atoms with Crippen molar-refractivity contribution in [3.05, 3.63) is 51.2 Å². The molecule has 0 aliphatic heterocycles. The molecule has 0 spiro atoms. The van der Waals surface area contributed by atoms with Gasteiger partial charge in [0.15, 0.2) is 5.15 Å². The second kappa shape index (κ2) is 5.59. The Labute approximate surface area is 119 Å². The first-order valence-electron chi connectivity index (χ1n) is 5.39. The number of phenolic OH excluding ortho intramolecular Hbond substituents is 1. The largest absolute Gasteiger partial charge is 0.508 e. The maximum atomic E-state index is 9.73. The molecule has 2 aromatic rings. The van der Waals surface area contributed by atoms with Crippen molar-refractivity contribution < 1.29 is 5.11 Å². The highest BCUT2D eigenvalue weighted by Gasteiger charge is 2.05. The van der Waals surface area contributed by atoms with Gasteiger partial charge in [-0.25, -0.2) is 4.98 Å². The van der Waals surface area contributed by atoms with Gasteiger partial charge in [-0.3, -0.25) is 0 Å². The average molecular weight is 328 g/mol. The van der Waals surface area contributed by atoms with E-state index >= 15 is 0 Å². The van der Waals surface area contributed by atoms with E-state index in [2.05, 4.69) is 26.2 Å². The highest BCUT2D eigenvalue weighted by molar-refractivity contribution is 9.10. The number of phenols is 1. The molecule has 0 radical (unpaired) electrons. The van der Waals surface area contributed by atoms with Gasteiger partial charge in [0.2, 0.25) is 0 Å². The fraction of sp³-hybridized carbons (Fsp3) is 0.154. The summed E-state index contributed by atoms with van der Waals surface area (Å²) in [6, 6.07) is 7.22. The molecule has 0 saturated heterocycles. The van der Waals surface area contributed by atoms with Crippen molar-refractivity contribution in [3.8, 4) is 5.75 Å². The summed E-state index contributed by atoms with van der Waals surface area (Å²) in [5.41, 5.74) is 2.58. The first kappa shape index (κ1) is 13.2. The molecule has 3 nitrogen and oxygen atoms in total. The van der Waals surface area contributed by atoms with Crippen molar-refractivity contribution in [2.75, 3.05) is 5.32 Å². The number of aromatic nitrogens is 1. The van der Waals surface area contributed by atoms with E-state index in [1.54, 1.807) is 18.3 Å². The molecule has 0 amide bonds. The van der Waals surface area contributed by atoms with Crippen LogP contribution in [0.5, 0.6) is 5.75 Å². The third-order valence-corrected chi connectivity index (χ3v) is 3.28. The standard InChI is InChI=1S/C13H12BrClN2O/c1-8-4-11(13(15)17-6-8)16-7-9-5-10(14)2-3-12(9)18/h2-6,16,18H,7H2,1H3. The van der Waals surface area contributed by atoms with Crippen LogP contribution in [0.15, 0.2) is 34.9 Å². The van der Waals surface area contributed by atoms with Gasteiger partial charge in [0.1, 0.15) is 5.75 Å². The molecule has 1 aromatic carbocycles. The smallest absolute Gasteiger partial charge is 0.152 e. The number of pyridine rings is 1. The van der Waals surface area contributed by atoms with Gasteiger partial charge in [0.25, 0.3) is 0 Å². The van der Waals surface area contributed by atoms with Crippen LogP contribution in [-0.4, -0.2) is 10.1 Å². The summed E-state index contributed by atoms with van der Waals surface area (Å²) in [7, 11) is 0. The van der Waals surface area contributed by atoms with E-state index in [0.717, 1.165) is 21.3 Å². The van der Waals surface area contributed by atoms with Crippen LogP contribution in [-0.2, 0) is 6.54 Å². The Morgan fingerprint density at radius 2 is 2.17 bits per heavy atom. The summed E-state index contributed by atoms with van der Waals surface area (Å²) in [6.07, 6.45) is 1.71. The maximum absolute atomic E-state index is 9.73. The van der Waals surface area contributed by atoms with Crippen LogP contribution in [0.25, 0.3) is 0 Å². The fourth-order valence-electron chi connectivity index (χ4n) is 1.56. The minimum atomic E-state index is 0.252. The Balaban J connectivity index is 2.16. The first-order chi connectivity index (χ1) is 8.56. The summed E-state index contributed by atoms with van der Waals surface area (Å²) >= 11 is 9.36. The number of aromatic hydroxyl groups is 1. The molecule has 0 atom stereocenters. The van der Waals surface area contributed by atoms with Gasteiger partial charge in [-0.15, -0.1) is 0 Å². The molecule has 0 saturated carbocycles. The molecule has 94 valence electrons. The quantitative estimate of drug-likeness (QED) is 0.833. The molecule has 2 N–H and O–H groups in total. The maximum Gasteiger partial charge on any atom is 0.152 e. The number of anilines is 1. The lowest BCUT2D eigenvalue weighted by atomic mass is 10.2. The van der Waals surface area contributed by atoms with Gasteiger partial charge < -0.3 is 10.4 Å². The summed E-state index contributed by atoms with van der Waals surface area (Å²) in [5.74, 6) is 0.252. The highest BCUT2D eigenvalue weighted by Crippen LogP contribution is 2.25. The molecule has 0 aliphatic carbocycles. The molecule has 0 unspecified atom stereocenters. The van der Waals surface area contributed by atoms with Crippen LogP contribution >= 0.6 is 27.5 Å². The SMILES string of the molecule is Cc1cnc(Cl)c(NCc2cc(Br)ccc2O)c1. The number of benzene rings is 1. The minimum Gasteiger partial charge on any atom is -0.508 e. The Morgan fingerprint density at radius 3 is 2.94 bits per heavy atom. The highest BCUT2D eigenvalue weighted by atomic mass is 79.9. The summed E-state index contributed by atoms with van der Waals surface area (Å²) in [4.78, 5) is 4.06. The number of nitrogens with one attached hydrogen (secondary N) is 1. The van der Waals surface area contributed by atoms with Crippen molar-refractivity contribution in [2.45, 2.75) is 13.5 Å². The van der Waals surface area contributed by atoms with Gasteiger partial charge in [0.05, 0.1) is 5.69 Å². The Morgan fingerprint density at radius 1 is 1.39 bits per heavy atom. The van der Waals surface area contributed by atoms with E-state index in [-0.39, 0.29) is 5.75 Å². The number of hydrogen-bond acceptors (Lipinski definition) is 3. The Kier molecular flexibility index (Phi) is 4.09. The van der Waals surface area contributed by atoms with E-state index in [4.69, 9.17) is 11.6 Å². The molecule has 0 fully saturated rings. The van der Waals surface area contributed by atoms with Crippen molar-refractivity contribution in [1.82, 2.24) is 4.98 Å². The zero-order valence-electron chi connectivity index (χ0n) is 9.74. The molecule has 18 heavy (non-hydrogen) atoms. The second-order valence-electron chi connectivity index (χ2n) is 3.98. The Hall–Kier alpha value is -1.26. The Bertz CT molecular complexity index is 523. The topological polar surface area (TPSA) is 45.2 Å². The number of rotatable bonds is 3. The van der Waals surface area contributed by atoms with Crippen LogP contribution in [0.3, 0.4) is 0 Å². The van der Waals surface area contributed by atoms with Crippen LogP contribution in [0.4, 0.5) is 5.69 Å². The second-order valence-corrected chi connectivity index (χ2v) is 5.25. The summed E-state index contributed by atoms with van der Waals surface area (Å²) in [6.45, 7) is 2.43. The van der Waals surface area contributed by atoms with Gasteiger partial charge >= 0.3 is 0 Å². The van der Waals surface area contributed by atoms with E-state index in [9.17, 15) is 5.11 Å². The normalized spacial score (nSPS) is 10.4. The zero-order valence-corrected chi connectivity index (χ0v) is 12.1. The number of hydrogen-bond donors (Lipinski definition) is 2. The van der Waals surface area contributed by atoms with E-state index in [1.807, 2.05) is 19.1 Å². The van der Waals surface area contributed by atoms with E-state index in [1.165, 1.54) is 0 Å². The van der Waals surface area contributed by atoms with Crippen molar-refractivity contribution in [1.29, 1.82) is 0 Å². The van der Waals surface area contributed by atoms with Crippen LogP contribution in [0.2, 0.25) is 5.15 Å². The van der Waals surface area contributed by atoms with Crippen molar-refractivity contribution in [2.24, 2.45) is 0 Å². The molecule has 5 heteroatoms. The predicted octanol–water partition coefficient (Wildman–Crippen LogP) is 4.12. The lowest BCUT2D eigenvalue weighted by Gasteiger charge is -2.10. The van der Waals surface area contributed by atoms with E-state index < -0.39 is 0 Å². The minimum absolute atomic E-state index is 0.252. The fourth-order valence-corrected chi connectivity index (χ4v) is 2.14. The average Bonchev–Trinajstić information content (AvgIpc) is 2.34. The van der Waals surface area contributed by atoms with Crippen LogP contribution < -0.4 is 5.32 Å². The predicted molar refractivity (Wildman–Crippen MR) is 77.1 cm³/mol. The van der Waals surface area contributed by atoms with E-state index in [0.29, 0.717) is 11.7 Å². The van der Waals surface area contributed by atoms with Gasteiger partial charge in [-0.2, -0.15) is 0 Å². The van der Waals surface area contributed by atoms with Gasteiger partial charge in [-0.1, -0.05) is 27.5 Å².